The highest BCUT2D eigenvalue weighted by molar-refractivity contribution is 5.78. The number of carbonyl (C=O) groups is 1. The van der Waals surface area contributed by atoms with Crippen molar-refractivity contribution in [1.82, 2.24) is 10.5 Å². The summed E-state index contributed by atoms with van der Waals surface area (Å²) in [5, 5.41) is 7.12. The summed E-state index contributed by atoms with van der Waals surface area (Å²) in [6, 6.07) is 2.07. The van der Waals surface area contributed by atoms with E-state index in [1.807, 2.05) is 13.0 Å². The molecule has 1 aromatic rings. The molecule has 5 nitrogen and oxygen atoms in total. The Hall–Kier alpha value is -1.36. The summed E-state index contributed by atoms with van der Waals surface area (Å²) in [5.74, 6) is 0.782. The Morgan fingerprint density at radius 1 is 1.45 bits per heavy atom. The number of ether oxygens (including phenoxy) is 1. The fourth-order valence-corrected chi connectivity index (χ4v) is 4.18. The number of carbonyl (C=O) groups excluding carboxylic acids is 1. The standard InChI is InChI=1S/C17H26N2O3/c1-3-21-15-11-14(17(15)7-5-4-6-8-17)18-16(20)10-13-9-12(2)22-19-13/h9,14-15H,3-8,10-11H2,1-2H3,(H,18,20)/t14-,15+/m0/s1. The van der Waals surface area contributed by atoms with Crippen LogP contribution in [0.15, 0.2) is 10.6 Å². The molecule has 2 fully saturated rings. The van der Waals surface area contributed by atoms with E-state index in [1.165, 1.54) is 32.1 Å². The van der Waals surface area contributed by atoms with Crippen molar-refractivity contribution < 1.29 is 14.1 Å². The lowest BCUT2D eigenvalue weighted by atomic mass is 9.55. The summed E-state index contributed by atoms with van der Waals surface area (Å²) >= 11 is 0. The molecule has 5 heteroatoms. The zero-order chi connectivity index (χ0) is 15.6. The topological polar surface area (TPSA) is 64.4 Å². The van der Waals surface area contributed by atoms with Gasteiger partial charge in [-0.05, 0) is 33.1 Å². The first-order valence-corrected chi connectivity index (χ1v) is 8.47. The predicted octanol–water partition coefficient (Wildman–Crippen LogP) is 2.77. The van der Waals surface area contributed by atoms with Gasteiger partial charge in [0.2, 0.25) is 5.91 Å². The Kier molecular flexibility index (Phi) is 4.52. The minimum atomic E-state index is 0.0400. The van der Waals surface area contributed by atoms with Crippen molar-refractivity contribution in [3.05, 3.63) is 17.5 Å². The third kappa shape index (κ3) is 2.91. The molecule has 0 aromatic carbocycles. The van der Waals surface area contributed by atoms with Crippen molar-refractivity contribution in [3.63, 3.8) is 0 Å². The second-order valence-corrected chi connectivity index (χ2v) is 6.70. The van der Waals surface area contributed by atoms with Gasteiger partial charge in [-0.3, -0.25) is 4.79 Å². The molecule has 1 aromatic heterocycles. The van der Waals surface area contributed by atoms with Crippen LogP contribution in [0.2, 0.25) is 0 Å². The van der Waals surface area contributed by atoms with Crippen LogP contribution in [-0.2, 0) is 16.0 Å². The number of aromatic nitrogens is 1. The van der Waals surface area contributed by atoms with Crippen LogP contribution < -0.4 is 5.32 Å². The molecule has 2 atom stereocenters. The van der Waals surface area contributed by atoms with Crippen molar-refractivity contribution in [3.8, 4) is 0 Å². The van der Waals surface area contributed by atoms with Gasteiger partial charge in [0.1, 0.15) is 5.76 Å². The average molecular weight is 306 g/mol. The molecule has 1 heterocycles. The molecule has 1 N–H and O–H groups in total. The predicted molar refractivity (Wildman–Crippen MR) is 82.4 cm³/mol. The highest BCUT2D eigenvalue weighted by Crippen LogP contribution is 2.53. The van der Waals surface area contributed by atoms with Gasteiger partial charge in [0.25, 0.3) is 0 Å². The van der Waals surface area contributed by atoms with Crippen LogP contribution in [0.4, 0.5) is 0 Å². The molecule has 22 heavy (non-hydrogen) atoms. The Balaban J connectivity index is 1.60. The maximum absolute atomic E-state index is 12.3. The number of rotatable bonds is 5. The highest BCUT2D eigenvalue weighted by atomic mass is 16.5. The summed E-state index contributed by atoms with van der Waals surface area (Å²) in [6.07, 6.45) is 7.70. The number of hydrogen-bond donors (Lipinski definition) is 1. The summed E-state index contributed by atoms with van der Waals surface area (Å²) in [5.41, 5.74) is 0.872. The fourth-order valence-electron chi connectivity index (χ4n) is 4.18. The summed E-state index contributed by atoms with van der Waals surface area (Å²) in [4.78, 5) is 12.3. The van der Waals surface area contributed by atoms with Gasteiger partial charge >= 0.3 is 0 Å². The van der Waals surface area contributed by atoms with E-state index in [4.69, 9.17) is 9.26 Å². The van der Waals surface area contributed by atoms with Crippen molar-refractivity contribution in [2.75, 3.05) is 6.61 Å². The van der Waals surface area contributed by atoms with E-state index in [0.717, 1.165) is 18.8 Å². The molecule has 3 rings (SSSR count). The lowest BCUT2D eigenvalue weighted by molar-refractivity contribution is -0.156. The maximum Gasteiger partial charge on any atom is 0.226 e. The Bertz CT molecular complexity index is 520. The lowest BCUT2D eigenvalue weighted by Crippen LogP contribution is -2.65. The van der Waals surface area contributed by atoms with Crippen molar-refractivity contribution in [1.29, 1.82) is 0 Å². The molecule has 2 saturated carbocycles. The van der Waals surface area contributed by atoms with Crippen LogP contribution in [0.3, 0.4) is 0 Å². The van der Waals surface area contributed by atoms with Crippen LogP contribution >= 0.6 is 0 Å². The van der Waals surface area contributed by atoms with Crippen molar-refractivity contribution in [2.24, 2.45) is 5.41 Å². The molecule has 0 unspecified atom stereocenters. The quantitative estimate of drug-likeness (QED) is 0.908. The number of aryl methyl sites for hydroxylation is 1. The molecule has 2 aliphatic rings. The van der Waals surface area contributed by atoms with E-state index in [9.17, 15) is 4.79 Å². The molecule has 0 bridgehead atoms. The summed E-state index contributed by atoms with van der Waals surface area (Å²) in [6.45, 7) is 4.64. The van der Waals surface area contributed by atoms with Gasteiger partial charge in [-0.15, -0.1) is 0 Å². The van der Waals surface area contributed by atoms with Gasteiger partial charge in [-0.2, -0.15) is 0 Å². The SMILES string of the molecule is CCO[C@@H]1C[C@H](NC(=O)Cc2cc(C)on2)C12CCCCC2. The largest absolute Gasteiger partial charge is 0.378 e. The second-order valence-electron chi connectivity index (χ2n) is 6.70. The van der Waals surface area contributed by atoms with Crippen LogP contribution in [0.5, 0.6) is 0 Å². The molecular weight excluding hydrogens is 280 g/mol. The molecule has 1 amide bonds. The first kappa shape index (κ1) is 15.5. The number of hydrogen-bond acceptors (Lipinski definition) is 4. The van der Waals surface area contributed by atoms with Gasteiger partial charge in [-0.1, -0.05) is 24.4 Å². The molecule has 1 spiro atoms. The average Bonchev–Trinajstić information content (AvgIpc) is 2.92. The number of nitrogens with zero attached hydrogens (tertiary/aromatic N) is 1. The molecular formula is C17H26N2O3. The van der Waals surface area contributed by atoms with Gasteiger partial charge in [-0.25, -0.2) is 0 Å². The third-order valence-corrected chi connectivity index (χ3v) is 5.29. The molecule has 0 radical (unpaired) electrons. The van der Waals surface area contributed by atoms with Gasteiger partial charge in [0.05, 0.1) is 18.2 Å². The van der Waals surface area contributed by atoms with Crippen LogP contribution in [0.25, 0.3) is 0 Å². The first-order chi connectivity index (χ1) is 10.6. The van der Waals surface area contributed by atoms with Crippen molar-refractivity contribution >= 4 is 5.91 Å². The number of amides is 1. The molecule has 122 valence electrons. The monoisotopic (exact) mass is 306 g/mol. The van der Waals surface area contributed by atoms with Crippen molar-refractivity contribution in [2.45, 2.75) is 70.9 Å². The number of nitrogens with one attached hydrogen (secondary N) is 1. The van der Waals surface area contributed by atoms with E-state index in [-0.39, 0.29) is 17.4 Å². The van der Waals surface area contributed by atoms with Crippen LogP contribution in [0, 0.1) is 12.3 Å². The van der Waals surface area contributed by atoms with E-state index in [1.54, 1.807) is 0 Å². The first-order valence-electron chi connectivity index (χ1n) is 8.47. The van der Waals surface area contributed by atoms with E-state index >= 15 is 0 Å². The smallest absolute Gasteiger partial charge is 0.226 e. The zero-order valence-electron chi connectivity index (χ0n) is 13.6. The molecule has 2 aliphatic carbocycles. The Labute approximate surface area is 131 Å². The van der Waals surface area contributed by atoms with E-state index < -0.39 is 0 Å². The normalized spacial score (nSPS) is 26.6. The van der Waals surface area contributed by atoms with Gasteiger partial charge in [0.15, 0.2) is 0 Å². The van der Waals surface area contributed by atoms with Gasteiger partial charge in [0, 0.05) is 24.1 Å². The minimum Gasteiger partial charge on any atom is -0.378 e. The second kappa shape index (κ2) is 6.41. The zero-order valence-corrected chi connectivity index (χ0v) is 13.6. The van der Waals surface area contributed by atoms with Crippen LogP contribution in [-0.4, -0.2) is 29.8 Å². The summed E-state index contributed by atoms with van der Waals surface area (Å²) in [7, 11) is 0. The fraction of sp³-hybridized carbons (Fsp3) is 0.765. The van der Waals surface area contributed by atoms with Crippen LogP contribution in [0.1, 0.15) is 56.9 Å². The third-order valence-electron chi connectivity index (χ3n) is 5.29. The Morgan fingerprint density at radius 3 is 2.86 bits per heavy atom. The van der Waals surface area contributed by atoms with E-state index in [2.05, 4.69) is 17.4 Å². The maximum atomic E-state index is 12.3. The van der Waals surface area contributed by atoms with E-state index in [0.29, 0.717) is 18.2 Å². The van der Waals surface area contributed by atoms with Gasteiger partial charge < -0.3 is 14.6 Å². The molecule has 0 saturated heterocycles. The minimum absolute atomic E-state index is 0.0400. The highest BCUT2D eigenvalue weighted by Gasteiger charge is 2.56. The lowest BCUT2D eigenvalue weighted by Gasteiger charge is -2.57. The molecule has 0 aliphatic heterocycles. The summed E-state index contributed by atoms with van der Waals surface area (Å²) < 4.78 is 10.9. The Morgan fingerprint density at radius 2 is 2.23 bits per heavy atom.